The molecule has 7 heteroatoms. The summed E-state index contributed by atoms with van der Waals surface area (Å²) in [5.41, 5.74) is 1.80. The van der Waals surface area contributed by atoms with Gasteiger partial charge in [-0.3, -0.25) is 9.78 Å². The van der Waals surface area contributed by atoms with Crippen molar-refractivity contribution in [2.24, 2.45) is 5.92 Å². The highest BCUT2D eigenvalue weighted by molar-refractivity contribution is 8.00. The van der Waals surface area contributed by atoms with E-state index in [0.717, 1.165) is 41.6 Å². The quantitative estimate of drug-likeness (QED) is 0.631. The van der Waals surface area contributed by atoms with Crippen molar-refractivity contribution < 1.29 is 4.79 Å². The summed E-state index contributed by atoms with van der Waals surface area (Å²) in [5.74, 6) is 1.23. The molecule has 0 spiro atoms. The molecule has 1 amide bonds. The highest BCUT2D eigenvalue weighted by atomic mass is 32.2. The van der Waals surface area contributed by atoms with Gasteiger partial charge in [0.15, 0.2) is 11.0 Å². The van der Waals surface area contributed by atoms with E-state index in [1.807, 2.05) is 42.5 Å². The van der Waals surface area contributed by atoms with Crippen molar-refractivity contribution in [3.63, 3.8) is 0 Å². The number of thioether (sulfide) groups is 1. The Morgan fingerprint density at radius 1 is 1.19 bits per heavy atom. The van der Waals surface area contributed by atoms with Crippen LogP contribution in [0.25, 0.3) is 11.4 Å². The Hall–Kier alpha value is -2.67. The molecule has 1 aliphatic carbocycles. The second-order valence-electron chi connectivity index (χ2n) is 6.52. The Morgan fingerprint density at radius 2 is 1.93 bits per heavy atom. The lowest BCUT2D eigenvalue weighted by molar-refractivity contribution is -0.116. The normalized spacial score (nSPS) is 14.7. The van der Waals surface area contributed by atoms with Crippen molar-refractivity contribution >= 4 is 23.4 Å². The summed E-state index contributed by atoms with van der Waals surface area (Å²) in [6, 6.07) is 13.4. The first-order valence-corrected chi connectivity index (χ1v) is 10.0. The van der Waals surface area contributed by atoms with E-state index in [-0.39, 0.29) is 11.2 Å². The highest BCUT2D eigenvalue weighted by Gasteiger charge is 2.38. The molecule has 2 aromatic heterocycles. The van der Waals surface area contributed by atoms with Crippen LogP contribution in [0.3, 0.4) is 0 Å². The van der Waals surface area contributed by atoms with Crippen molar-refractivity contribution in [1.29, 1.82) is 0 Å². The largest absolute Gasteiger partial charge is 0.325 e. The molecular formula is C20H21N5OS. The van der Waals surface area contributed by atoms with Gasteiger partial charge in [0.1, 0.15) is 0 Å². The zero-order valence-electron chi connectivity index (χ0n) is 15.1. The molecule has 6 nitrogen and oxygen atoms in total. The third kappa shape index (κ3) is 4.03. The first kappa shape index (κ1) is 17.7. The number of anilines is 1. The molecule has 0 bridgehead atoms. The summed E-state index contributed by atoms with van der Waals surface area (Å²) < 4.78 is 2.06. The maximum Gasteiger partial charge on any atom is 0.238 e. The predicted molar refractivity (Wildman–Crippen MR) is 106 cm³/mol. The van der Waals surface area contributed by atoms with Crippen molar-refractivity contribution in [2.45, 2.75) is 36.7 Å². The average Bonchev–Trinajstić information content (AvgIpc) is 3.47. The third-order valence-corrected chi connectivity index (χ3v) is 5.92. The minimum absolute atomic E-state index is 0.0322. The van der Waals surface area contributed by atoms with Crippen molar-refractivity contribution in [2.75, 3.05) is 5.32 Å². The molecule has 0 aliphatic heterocycles. The number of rotatable bonds is 7. The van der Waals surface area contributed by atoms with Crippen LogP contribution >= 0.6 is 11.8 Å². The van der Waals surface area contributed by atoms with Gasteiger partial charge in [-0.15, -0.1) is 10.2 Å². The van der Waals surface area contributed by atoms with Crippen LogP contribution in [-0.4, -0.2) is 30.9 Å². The number of nitrogens with zero attached hydrogens (tertiary/aromatic N) is 4. The Balaban J connectivity index is 1.56. The van der Waals surface area contributed by atoms with E-state index in [1.165, 1.54) is 11.8 Å². The van der Waals surface area contributed by atoms with Crippen LogP contribution < -0.4 is 5.32 Å². The number of benzene rings is 1. The molecule has 3 aromatic rings. The fourth-order valence-electron chi connectivity index (χ4n) is 2.99. The van der Waals surface area contributed by atoms with E-state index < -0.39 is 0 Å². The summed E-state index contributed by atoms with van der Waals surface area (Å²) in [6.45, 7) is 2.80. The van der Waals surface area contributed by atoms with E-state index in [2.05, 4.69) is 32.0 Å². The van der Waals surface area contributed by atoms with Gasteiger partial charge in [-0.25, -0.2) is 0 Å². The van der Waals surface area contributed by atoms with Gasteiger partial charge < -0.3 is 9.88 Å². The van der Waals surface area contributed by atoms with Crippen LogP contribution in [0.2, 0.25) is 0 Å². The lowest BCUT2D eigenvalue weighted by Crippen LogP contribution is -2.27. The molecular weight excluding hydrogens is 358 g/mol. The topological polar surface area (TPSA) is 72.7 Å². The smallest absolute Gasteiger partial charge is 0.238 e. The van der Waals surface area contributed by atoms with E-state index in [9.17, 15) is 4.79 Å². The van der Waals surface area contributed by atoms with Crippen molar-refractivity contribution in [1.82, 2.24) is 19.7 Å². The van der Waals surface area contributed by atoms with E-state index in [1.54, 1.807) is 12.4 Å². The van der Waals surface area contributed by atoms with E-state index >= 15 is 0 Å². The maximum atomic E-state index is 12.9. The summed E-state index contributed by atoms with van der Waals surface area (Å²) in [5, 5.41) is 12.4. The van der Waals surface area contributed by atoms with E-state index in [4.69, 9.17) is 0 Å². The van der Waals surface area contributed by atoms with Gasteiger partial charge in [0.2, 0.25) is 5.91 Å². The van der Waals surface area contributed by atoms with Crippen LogP contribution in [0.1, 0.15) is 19.8 Å². The third-order valence-electron chi connectivity index (χ3n) is 4.55. The van der Waals surface area contributed by atoms with Crippen molar-refractivity contribution in [3.05, 3.63) is 54.9 Å². The molecule has 1 unspecified atom stereocenters. The number of amides is 1. The molecule has 1 aliphatic rings. The molecule has 1 N–H and O–H groups in total. The standard InChI is InChI=1S/C20H21N5OS/c1-2-25-18(15-10-12-21-13-11-15)23-24-20(25)27-17(14-8-9-14)19(26)22-16-6-4-3-5-7-16/h3-7,10-14,17H,2,8-9H2,1H3,(H,22,26). The summed E-state index contributed by atoms with van der Waals surface area (Å²) >= 11 is 1.52. The first-order valence-electron chi connectivity index (χ1n) is 9.12. The van der Waals surface area contributed by atoms with E-state index in [0.29, 0.717) is 5.92 Å². The number of carbonyl (C=O) groups is 1. The molecule has 2 heterocycles. The molecule has 0 saturated heterocycles. The van der Waals surface area contributed by atoms with Gasteiger partial charge in [0.25, 0.3) is 0 Å². The molecule has 0 radical (unpaired) electrons. The average molecular weight is 379 g/mol. The van der Waals surface area contributed by atoms with Gasteiger partial charge in [0.05, 0.1) is 5.25 Å². The minimum Gasteiger partial charge on any atom is -0.325 e. The maximum absolute atomic E-state index is 12.9. The predicted octanol–water partition coefficient (Wildman–Crippen LogP) is 3.87. The lowest BCUT2D eigenvalue weighted by Gasteiger charge is -2.16. The number of aromatic nitrogens is 4. The van der Waals surface area contributed by atoms with Crippen LogP contribution in [-0.2, 0) is 11.3 Å². The molecule has 1 aromatic carbocycles. The van der Waals surface area contributed by atoms with Crippen LogP contribution in [0.15, 0.2) is 60.0 Å². The Kier molecular flexibility index (Phi) is 5.20. The number of nitrogens with one attached hydrogen (secondary N) is 1. The monoisotopic (exact) mass is 379 g/mol. The van der Waals surface area contributed by atoms with Gasteiger partial charge in [-0.05, 0) is 49.9 Å². The summed E-state index contributed by atoms with van der Waals surface area (Å²) in [4.78, 5) is 16.9. The van der Waals surface area contributed by atoms with Crippen LogP contribution in [0, 0.1) is 5.92 Å². The second-order valence-corrected chi connectivity index (χ2v) is 7.63. The minimum atomic E-state index is -0.162. The molecule has 1 fully saturated rings. The molecule has 1 atom stereocenters. The Morgan fingerprint density at radius 3 is 2.59 bits per heavy atom. The molecule has 1 saturated carbocycles. The first-order chi connectivity index (χ1) is 13.3. The fourth-order valence-corrected chi connectivity index (χ4v) is 4.28. The fraction of sp³-hybridized carbons (Fsp3) is 0.300. The van der Waals surface area contributed by atoms with Gasteiger partial charge in [-0.1, -0.05) is 30.0 Å². The van der Waals surface area contributed by atoms with Crippen LogP contribution in [0.5, 0.6) is 0 Å². The van der Waals surface area contributed by atoms with Gasteiger partial charge >= 0.3 is 0 Å². The molecule has 4 rings (SSSR count). The SMILES string of the molecule is CCn1c(SC(C(=O)Nc2ccccc2)C2CC2)nnc1-c1ccncc1. The number of para-hydroxylation sites is 1. The lowest BCUT2D eigenvalue weighted by atomic mass is 10.2. The van der Waals surface area contributed by atoms with Crippen molar-refractivity contribution in [3.8, 4) is 11.4 Å². The summed E-state index contributed by atoms with van der Waals surface area (Å²) in [6.07, 6.45) is 5.66. The Bertz CT molecular complexity index is 909. The number of hydrogen-bond donors (Lipinski definition) is 1. The van der Waals surface area contributed by atoms with Gasteiger partial charge in [0, 0.05) is 30.2 Å². The summed E-state index contributed by atoms with van der Waals surface area (Å²) in [7, 11) is 0. The number of hydrogen-bond acceptors (Lipinski definition) is 5. The second kappa shape index (κ2) is 7.92. The zero-order chi connectivity index (χ0) is 18.6. The molecule has 138 valence electrons. The highest BCUT2D eigenvalue weighted by Crippen LogP contribution is 2.42. The van der Waals surface area contributed by atoms with Crippen LogP contribution in [0.4, 0.5) is 5.69 Å². The zero-order valence-corrected chi connectivity index (χ0v) is 15.9. The van der Waals surface area contributed by atoms with Gasteiger partial charge in [-0.2, -0.15) is 0 Å². The molecule has 27 heavy (non-hydrogen) atoms. The Labute approximate surface area is 162 Å². The number of carbonyl (C=O) groups excluding carboxylic acids is 1. The number of pyridine rings is 1.